The van der Waals surface area contributed by atoms with Crippen LogP contribution in [0.4, 0.5) is 4.39 Å². The van der Waals surface area contributed by atoms with Crippen molar-refractivity contribution in [3.8, 4) is 5.75 Å². The van der Waals surface area contributed by atoms with E-state index in [1.807, 2.05) is 6.07 Å². The summed E-state index contributed by atoms with van der Waals surface area (Å²) in [5, 5.41) is 0. The van der Waals surface area contributed by atoms with Crippen LogP contribution in [0.1, 0.15) is 32.6 Å². The van der Waals surface area contributed by atoms with Crippen molar-refractivity contribution in [1.82, 2.24) is 0 Å². The van der Waals surface area contributed by atoms with Gasteiger partial charge in [-0.1, -0.05) is 18.9 Å². The molecule has 1 aliphatic rings. The number of hydrogen-bond acceptors (Lipinski definition) is 1. The normalized spacial score (nSPS) is 19.1. The summed E-state index contributed by atoms with van der Waals surface area (Å²) in [6.07, 6.45) is 5.31. The summed E-state index contributed by atoms with van der Waals surface area (Å²) in [4.78, 5) is 0. The van der Waals surface area contributed by atoms with E-state index in [2.05, 4.69) is 6.92 Å². The van der Waals surface area contributed by atoms with E-state index in [1.54, 1.807) is 6.07 Å². The van der Waals surface area contributed by atoms with Crippen molar-refractivity contribution in [1.29, 1.82) is 0 Å². The summed E-state index contributed by atoms with van der Waals surface area (Å²) in [6.45, 7) is 2.08. The molecule has 0 bridgehead atoms. The van der Waals surface area contributed by atoms with Crippen LogP contribution < -0.4 is 4.74 Å². The molecule has 82 valence electrons. The fourth-order valence-electron chi connectivity index (χ4n) is 2.28. The van der Waals surface area contributed by atoms with Crippen molar-refractivity contribution in [2.75, 3.05) is 0 Å². The van der Waals surface area contributed by atoms with E-state index in [-0.39, 0.29) is 11.9 Å². The first-order chi connectivity index (χ1) is 7.25. The minimum atomic E-state index is -0.230. The van der Waals surface area contributed by atoms with Crippen LogP contribution in [-0.4, -0.2) is 6.10 Å². The highest BCUT2D eigenvalue weighted by Gasteiger charge is 2.22. The van der Waals surface area contributed by atoms with Gasteiger partial charge in [0.1, 0.15) is 11.6 Å². The smallest absolute Gasteiger partial charge is 0.126 e. The molecular formula is C13H17FO. The molecule has 0 radical (unpaired) electrons. The van der Waals surface area contributed by atoms with Crippen molar-refractivity contribution in [3.05, 3.63) is 30.1 Å². The van der Waals surface area contributed by atoms with E-state index in [4.69, 9.17) is 4.74 Å². The zero-order valence-corrected chi connectivity index (χ0v) is 9.08. The third-order valence-corrected chi connectivity index (χ3v) is 3.18. The molecule has 0 saturated heterocycles. The summed E-state index contributed by atoms with van der Waals surface area (Å²) in [5.41, 5.74) is 0. The van der Waals surface area contributed by atoms with Crippen molar-refractivity contribution in [2.45, 2.75) is 38.7 Å². The van der Waals surface area contributed by atoms with Gasteiger partial charge in [0.15, 0.2) is 0 Å². The monoisotopic (exact) mass is 208 g/mol. The number of hydrogen-bond donors (Lipinski definition) is 0. The molecule has 1 fully saturated rings. The van der Waals surface area contributed by atoms with Gasteiger partial charge in [-0.25, -0.2) is 4.39 Å². The Balaban J connectivity index is 1.95. The van der Waals surface area contributed by atoms with E-state index >= 15 is 0 Å². The first kappa shape index (κ1) is 10.5. The Morgan fingerprint density at radius 2 is 2.07 bits per heavy atom. The molecule has 1 aromatic rings. The molecule has 1 aliphatic carbocycles. The second-order valence-corrected chi connectivity index (χ2v) is 4.32. The number of benzene rings is 1. The second-order valence-electron chi connectivity index (χ2n) is 4.32. The quantitative estimate of drug-likeness (QED) is 0.734. The highest BCUT2D eigenvalue weighted by Crippen LogP contribution is 2.30. The van der Waals surface area contributed by atoms with Crippen LogP contribution in [0.2, 0.25) is 0 Å². The molecule has 0 amide bonds. The SMILES string of the molecule is CC(Oc1cccc(F)c1)C1CCCC1. The first-order valence-electron chi connectivity index (χ1n) is 5.68. The zero-order chi connectivity index (χ0) is 10.7. The standard InChI is InChI=1S/C13H17FO/c1-10(11-5-2-3-6-11)15-13-8-4-7-12(14)9-13/h4,7-11H,2-3,5-6H2,1H3. The highest BCUT2D eigenvalue weighted by atomic mass is 19.1. The third kappa shape index (κ3) is 2.71. The van der Waals surface area contributed by atoms with Gasteiger partial charge in [0.25, 0.3) is 0 Å². The lowest BCUT2D eigenvalue weighted by Crippen LogP contribution is -2.21. The van der Waals surface area contributed by atoms with Gasteiger partial charge in [-0.05, 0) is 37.8 Å². The molecule has 0 heterocycles. The van der Waals surface area contributed by atoms with Gasteiger partial charge in [0.05, 0.1) is 6.10 Å². The van der Waals surface area contributed by atoms with Crippen molar-refractivity contribution in [3.63, 3.8) is 0 Å². The molecule has 1 aromatic carbocycles. The fraction of sp³-hybridized carbons (Fsp3) is 0.538. The maximum absolute atomic E-state index is 12.9. The Morgan fingerprint density at radius 3 is 2.73 bits per heavy atom. The number of ether oxygens (including phenoxy) is 1. The molecule has 0 spiro atoms. The lowest BCUT2D eigenvalue weighted by atomic mass is 10.0. The topological polar surface area (TPSA) is 9.23 Å². The Labute approximate surface area is 90.3 Å². The van der Waals surface area contributed by atoms with Crippen molar-refractivity contribution < 1.29 is 9.13 Å². The van der Waals surface area contributed by atoms with Crippen molar-refractivity contribution >= 4 is 0 Å². The number of halogens is 1. The Hall–Kier alpha value is -1.05. The minimum Gasteiger partial charge on any atom is -0.490 e. The third-order valence-electron chi connectivity index (χ3n) is 3.18. The summed E-state index contributed by atoms with van der Waals surface area (Å²) in [6, 6.07) is 6.39. The maximum atomic E-state index is 12.9. The molecule has 0 aliphatic heterocycles. The van der Waals surface area contributed by atoms with E-state index in [9.17, 15) is 4.39 Å². The second kappa shape index (κ2) is 4.65. The molecule has 1 saturated carbocycles. The summed E-state index contributed by atoms with van der Waals surface area (Å²) in [7, 11) is 0. The van der Waals surface area contributed by atoms with Crippen LogP contribution >= 0.6 is 0 Å². The minimum absolute atomic E-state index is 0.203. The fourth-order valence-corrected chi connectivity index (χ4v) is 2.28. The van der Waals surface area contributed by atoms with Gasteiger partial charge >= 0.3 is 0 Å². The van der Waals surface area contributed by atoms with Crippen LogP contribution in [0.15, 0.2) is 24.3 Å². The first-order valence-corrected chi connectivity index (χ1v) is 5.68. The summed E-state index contributed by atoms with van der Waals surface area (Å²) in [5.74, 6) is 1.06. The average molecular weight is 208 g/mol. The van der Waals surface area contributed by atoms with Gasteiger partial charge in [-0.15, -0.1) is 0 Å². The van der Waals surface area contributed by atoms with Crippen LogP contribution in [-0.2, 0) is 0 Å². The van der Waals surface area contributed by atoms with Gasteiger partial charge < -0.3 is 4.74 Å². The average Bonchev–Trinajstić information content (AvgIpc) is 2.70. The van der Waals surface area contributed by atoms with E-state index in [0.717, 1.165) is 0 Å². The lowest BCUT2D eigenvalue weighted by molar-refractivity contribution is 0.153. The molecule has 1 unspecified atom stereocenters. The van der Waals surface area contributed by atoms with Crippen LogP contribution in [0.5, 0.6) is 5.75 Å². The molecule has 15 heavy (non-hydrogen) atoms. The predicted molar refractivity (Wildman–Crippen MR) is 58.4 cm³/mol. The predicted octanol–water partition coefficient (Wildman–Crippen LogP) is 3.78. The molecule has 1 nitrogen and oxygen atoms in total. The van der Waals surface area contributed by atoms with Crippen molar-refractivity contribution in [2.24, 2.45) is 5.92 Å². The Morgan fingerprint density at radius 1 is 1.33 bits per heavy atom. The van der Waals surface area contributed by atoms with E-state index in [0.29, 0.717) is 11.7 Å². The molecule has 1 atom stereocenters. The maximum Gasteiger partial charge on any atom is 0.126 e. The summed E-state index contributed by atoms with van der Waals surface area (Å²) >= 11 is 0. The van der Waals surface area contributed by atoms with Gasteiger partial charge in [-0.3, -0.25) is 0 Å². The zero-order valence-electron chi connectivity index (χ0n) is 9.08. The Bertz CT molecular complexity index is 318. The molecule has 0 N–H and O–H groups in total. The van der Waals surface area contributed by atoms with Crippen LogP contribution in [0.3, 0.4) is 0 Å². The highest BCUT2D eigenvalue weighted by molar-refractivity contribution is 5.22. The molecule has 0 aromatic heterocycles. The lowest BCUT2D eigenvalue weighted by Gasteiger charge is -2.20. The van der Waals surface area contributed by atoms with Crippen LogP contribution in [0.25, 0.3) is 0 Å². The van der Waals surface area contributed by atoms with Gasteiger partial charge in [-0.2, -0.15) is 0 Å². The largest absolute Gasteiger partial charge is 0.490 e. The molecular weight excluding hydrogens is 191 g/mol. The Kier molecular flexibility index (Phi) is 3.24. The van der Waals surface area contributed by atoms with E-state index < -0.39 is 0 Å². The molecule has 2 rings (SSSR count). The van der Waals surface area contributed by atoms with Gasteiger partial charge in [0, 0.05) is 6.07 Å². The number of rotatable bonds is 3. The summed E-state index contributed by atoms with van der Waals surface area (Å²) < 4.78 is 18.7. The van der Waals surface area contributed by atoms with E-state index in [1.165, 1.54) is 37.8 Å². The molecule has 2 heteroatoms. The van der Waals surface area contributed by atoms with Crippen LogP contribution in [0, 0.1) is 11.7 Å². The van der Waals surface area contributed by atoms with Gasteiger partial charge in [0.2, 0.25) is 0 Å².